The van der Waals surface area contributed by atoms with Crippen molar-refractivity contribution >= 4 is 21.6 Å². The number of amides is 1. The number of carbonyl (C=O) groups is 1. The van der Waals surface area contributed by atoms with Crippen molar-refractivity contribution in [3.63, 3.8) is 0 Å². The SMILES string of the molecule is CN([C@@H](C(=O)Nc1ccc(F)cc1F)c1ccccc1)S(C)(=O)=O. The topological polar surface area (TPSA) is 66.5 Å². The summed E-state index contributed by atoms with van der Waals surface area (Å²) in [5.74, 6) is -2.48. The third-order valence-corrected chi connectivity index (χ3v) is 4.70. The Morgan fingerprint density at radius 2 is 1.75 bits per heavy atom. The molecule has 0 spiro atoms. The Balaban J connectivity index is 2.38. The number of halogens is 2. The highest BCUT2D eigenvalue weighted by atomic mass is 32.2. The number of carbonyl (C=O) groups excluding carboxylic acids is 1. The normalized spacial score (nSPS) is 12.9. The number of hydrogen-bond acceptors (Lipinski definition) is 3. The maximum absolute atomic E-state index is 13.7. The van der Waals surface area contributed by atoms with E-state index in [0.29, 0.717) is 11.6 Å². The number of nitrogens with zero attached hydrogens (tertiary/aromatic N) is 1. The van der Waals surface area contributed by atoms with E-state index in [4.69, 9.17) is 0 Å². The second-order valence-electron chi connectivity index (χ2n) is 5.21. The molecule has 0 heterocycles. The van der Waals surface area contributed by atoms with E-state index in [1.54, 1.807) is 30.3 Å². The highest BCUT2D eigenvalue weighted by Crippen LogP contribution is 2.24. The molecule has 0 unspecified atom stereocenters. The van der Waals surface area contributed by atoms with Crippen molar-refractivity contribution in [2.75, 3.05) is 18.6 Å². The van der Waals surface area contributed by atoms with Gasteiger partial charge in [0, 0.05) is 13.1 Å². The zero-order chi connectivity index (χ0) is 17.9. The molecule has 0 aliphatic heterocycles. The third-order valence-electron chi connectivity index (χ3n) is 3.44. The lowest BCUT2D eigenvalue weighted by Gasteiger charge is -2.25. The van der Waals surface area contributed by atoms with Crippen molar-refractivity contribution in [2.24, 2.45) is 0 Å². The first-order valence-electron chi connectivity index (χ1n) is 6.94. The molecule has 2 aromatic rings. The summed E-state index contributed by atoms with van der Waals surface area (Å²) in [7, 11) is -2.43. The van der Waals surface area contributed by atoms with Gasteiger partial charge in [-0.25, -0.2) is 17.2 Å². The fraction of sp³-hybridized carbons (Fsp3) is 0.188. The number of rotatable bonds is 5. The quantitative estimate of drug-likeness (QED) is 0.897. The molecule has 1 atom stereocenters. The molecule has 0 bridgehead atoms. The van der Waals surface area contributed by atoms with Crippen LogP contribution in [0.4, 0.5) is 14.5 Å². The first-order chi connectivity index (χ1) is 11.2. The van der Waals surface area contributed by atoms with Gasteiger partial charge in [-0.05, 0) is 17.7 Å². The highest BCUT2D eigenvalue weighted by Gasteiger charge is 2.31. The molecule has 0 saturated carbocycles. The van der Waals surface area contributed by atoms with Gasteiger partial charge in [0.1, 0.15) is 17.7 Å². The van der Waals surface area contributed by atoms with Crippen LogP contribution in [0.1, 0.15) is 11.6 Å². The van der Waals surface area contributed by atoms with E-state index in [1.165, 1.54) is 7.05 Å². The number of nitrogens with one attached hydrogen (secondary N) is 1. The van der Waals surface area contributed by atoms with Crippen LogP contribution in [0.25, 0.3) is 0 Å². The van der Waals surface area contributed by atoms with Gasteiger partial charge in [0.25, 0.3) is 0 Å². The standard InChI is InChI=1S/C16H16F2N2O3S/c1-20(24(2,22)23)15(11-6-4-3-5-7-11)16(21)19-14-9-8-12(17)10-13(14)18/h3-10,15H,1-2H3,(H,19,21)/t15-/m1/s1. The maximum Gasteiger partial charge on any atom is 0.247 e. The lowest BCUT2D eigenvalue weighted by atomic mass is 10.1. The fourth-order valence-corrected chi connectivity index (χ4v) is 2.75. The van der Waals surface area contributed by atoms with Crippen molar-refractivity contribution in [3.05, 3.63) is 65.7 Å². The first-order valence-corrected chi connectivity index (χ1v) is 8.79. The fourth-order valence-electron chi connectivity index (χ4n) is 2.15. The van der Waals surface area contributed by atoms with E-state index in [1.807, 2.05) is 0 Å². The molecular formula is C16H16F2N2O3S. The van der Waals surface area contributed by atoms with Gasteiger partial charge in [-0.15, -0.1) is 0 Å². The van der Waals surface area contributed by atoms with Crippen LogP contribution in [0.3, 0.4) is 0 Å². The Morgan fingerprint density at radius 3 is 2.29 bits per heavy atom. The van der Waals surface area contributed by atoms with E-state index < -0.39 is 33.6 Å². The van der Waals surface area contributed by atoms with Crippen molar-refractivity contribution < 1.29 is 22.0 Å². The Kier molecular flexibility index (Phi) is 5.30. The van der Waals surface area contributed by atoms with Crippen molar-refractivity contribution in [3.8, 4) is 0 Å². The van der Waals surface area contributed by atoms with Crippen LogP contribution in [-0.2, 0) is 14.8 Å². The predicted molar refractivity (Wildman–Crippen MR) is 86.8 cm³/mol. The lowest BCUT2D eigenvalue weighted by molar-refractivity contribution is -0.119. The van der Waals surface area contributed by atoms with Crippen LogP contribution in [-0.4, -0.2) is 31.9 Å². The third kappa shape index (κ3) is 4.15. The second-order valence-corrected chi connectivity index (χ2v) is 7.25. The predicted octanol–water partition coefficient (Wildman–Crippen LogP) is 2.54. The van der Waals surface area contributed by atoms with Crippen molar-refractivity contribution in [1.82, 2.24) is 4.31 Å². The van der Waals surface area contributed by atoms with Crippen LogP contribution in [0.5, 0.6) is 0 Å². The van der Waals surface area contributed by atoms with E-state index in [9.17, 15) is 22.0 Å². The van der Waals surface area contributed by atoms with Gasteiger partial charge in [-0.2, -0.15) is 4.31 Å². The average molecular weight is 354 g/mol. The zero-order valence-electron chi connectivity index (χ0n) is 13.0. The Hall–Kier alpha value is -2.32. The molecule has 128 valence electrons. The van der Waals surface area contributed by atoms with E-state index >= 15 is 0 Å². The summed E-state index contributed by atoms with van der Waals surface area (Å²) >= 11 is 0. The Bertz CT molecular complexity index is 842. The highest BCUT2D eigenvalue weighted by molar-refractivity contribution is 7.88. The number of likely N-dealkylation sites (N-methyl/N-ethyl adjacent to an activating group) is 1. The van der Waals surface area contributed by atoms with Crippen molar-refractivity contribution in [2.45, 2.75) is 6.04 Å². The molecule has 2 aromatic carbocycles. The van der Waals surface area contributed by atoms with Gasteiger partial charge >= 0.3 is 0 Å². The van der Waals surface area contributed by atoms with E-state index in [-0.39, 0.29) is 5.69 Å². The largest absolute Gasteiger partial charge is 0.322 e. The molecule has 5 nitrogen and oxygen atoms in total. The number of sulfonamides is 1. The lowest BCUT2D eigenvalue weighted by Crippen LogP contribution is -2.38. The molecule has 0 fully saturated rings. The molecule has 0 aromatic heterocycles. The summed E-state index contributed by atoms with van der Waals surface area (Å²) in [5.41, 5.74) is 0.190. The van der Waals surface area contributed by atoms with Crippen LogP contribution in [0.15, 0.2) is 48.5 Å². The van der Waals surface area contributed by atoms with Crippen LogP contribution >= 0.6 is 0 Å². The van der Waals surface area contributed by atoms with Crippen molar-refractivity contribution in [1.29, 1.82) is 0 Å². The van der Waals surface area contributed by atoms with Crippen LogP contribution in [0, 0.1) is 11.6 Å². The van der Waals surface area contributed by atoms with E-state index in [0.717, 1.165) is 22.7 Å². The first kappa shape index (κ1) is 18.0. The molecule has 2 rings (SSSR count). The molecule has 1 N–H and O–H groups in total. The number of benzene rings is 2. The van der Waals surface area contributed by atoms with E-state index in [2.05, 4.69) is 5.32 Å². The maximum atomic E-state index is 13.7. The van der Waals surface area contributed by atoms with Gasteiger partial charge in [-0.1, -0.05) is 30.3 Å². The summed E-state index contributed by atoms with van der Waals surface area (Å²) < 4.78 is 51.2. The van der Waals surface area contributed by atoms with Crippen LogP contribution < -0.4 is 5.32 Å². The summed E-state index contributed by atoms with van der Waals surface area (Å²) in [5, 5.41) is 2.30. The monoisotopic (exact) mass is 354 g/mol. The average Bonchev–Trinajstić information content (AvgIpc) is 2.50. The molecule has 8 heteroatoms. The number of anilines is 1. The van der Waals surface area contributed by atoms with Gasteiger partial charge in [0.2, 0.25) is 15.9 Å². The van der Waals surface area contributed by atoms with Gasteiger partial charge < -0.3 is 5.32 Å². The van der Waals surface area contributed by atoms with Crippen LogP contribution in [0.2, 0.25) is 0 Å². The minimum absolute atomic E-state index is 0.232. The summed E-state index contributed by atoms with van der Waals surface area (Å²) in [6.07, 6.45) is 0.967. The molecule has 24 heavy (non-hydrogen) atoms. The molecule has 0 radical (unpaired) electrons. The molecule has 1 amide bonds. The zero-order valence-corrected chi connectivity index (χ0v) is 13.8. The number of hydrogen-bond donors (Lipinski definition) is 1. The smallest absolute Gasteiger partial charge is 0.247 e. The molecule has 0 aliphatic carbocycles. The summed E-state index contributed by atoms with van der Waals surface area (Å²) in [4.78, 5) is 12.6. The summed E-state index contributed by atoms with van der Waals surface area (Å²) in [6, 6.07) is 9.73. The Labute approximate surface area is 139 Å². The van der Waals surface area contributed by atoms with Gasteiger partial charge in [0.05, 0.1) is 11.9 Å². The Morgan fingerprint density at radius 1 is 1.12 bits per heavy atom. The van der Waals surface area contributed by atoms with Gasteiger partial charge in [-0.3, -0.25) is 4.79 Å². The summed E-state index contributed by atoms with van der Waals surface area (Å²) in [6.45, 7) is 0. The molecule has 0 saturated heterocycles. The van der Waals surface area contributed by atoms with Gasteiger partial charge in [0.15, 0.2) is 0 Å². The molecular weight excluding hydrogens is 338 g/mol. The second kappa shape index (κ2) is 7.06. The molecule has 0 aliphatic rings. The minimum atomic E-state index is -3.69. The minimum Gasteiger partial charge on any atom is -0.322 e.